The van der Waals surface area contributed by atoms with Crippen LogP contribution in [0.25, 0.3) is 0 Å². The predicted molar refractivity (Wildman–Crippen MR) is 90.0 cm³/mol. The van der Waals surface area contributed by atoms with Crippen molar-refractivity contribution in [2.45, 2.75) is 25.6 Å². The van der Waals surface area contributed by atoms with Gasteiger partial charge in [-0.1, -0.05) is 24.3 Å². The van der Waals surface area contributed by atoms with Gasteiger partial charge >= 0.3 is 0 Å². The Morgan fingerprint density at radius 3 is 1.83 bits per heavy atom. The number of hydrogen-bond acceptors (Lipinski definition) is 4. The lowest BCUT2D eigenvalue weighted by atomic mass is 10.1. The van der Waals surface area contributed by atoms with Crippen molar-refractivity contribution in [3.8, 4) is 11.5 Å². The molecule has 0 aliphatic heterocycles. The molecule has 0 radical (unpaired) electrons. The summed E-state index contributed by atoms with van der Waals surface area (Å²) in [6.45, 7) is 0.633. The van der Waals surface area contributed by atoms with Crippen molar-refractivity contribution in [1.29, 1.82) is 0 Å². The average molecular weight is 316 g/mol. The van der Waals surface area contributed by atoms with Crippen LogP contribution in [-0.2, 0) is 17.8 Å². The van der Waals surface area contributed by atoms with Gasteiger partial charge in [-0.15, -0.1) is 0 Å². The molecule has 4 nitrogen and oxygen atoms in total. The second-order valence-electron chi connectivity index (χ2n) is 5.35. The van der Waals surface area contributed by atoms with E-state index in [-0.39, 0.29) is 12.7 Å². The summed E-state index contributed by atoms with van der Waals surface area (Å²) in [5.41, 5.74) is 2.25. The van der Waals surface area contributed by atoms with Crippen LogP contribution in [0.1, 0.15) is 17.5 Å². The molecule has 0 saturated carbocycles. The molecule has 0 aliphatic rings. The van der Waals surface area contributed by atoms with E-state index in [1.54, 1.807) is 14.2 Å². The van der Waals surface area contributed by atoms with Crippen LogP contribution in [-0.4, -0.2) is 32.0 Å². The molecule has 0 amide bonds. The molecule has 1 N–H and O–H groups in total. The summed E-state index contributed by atoms with van der Waals surface area (Å²) < 4.78 is 16.3. The Hall–Kier alpha value is -2.04. The zero-order chi connectivity index (χ0) is 16.5. The number of aliphatic hydroxyl groups excluding tert-OH is 1. The predicted octanol–water partition coefficient (Wildman–Crippen LogP) is 3.21. The first kappa shape index (κ1) is 17.3. The zero-order valence-electron chi connectivity index (χ0n) is 13.7. The topological polar surface area (TPSA) is 47.9 Å². The normalized spacial score (nSPS) is 12.0. The summed E-state index contributed by atoms with van der Waals surface area (Å²) in [6, 6.07) is 15.8. The first-order chi connectivity index (χ1) is 11.2. The third-order valence-electron chi connectivity index (χ3n) is 3.72. The minimum Gasteiger partial charge on any atom is -0.497 e. The first-order valence-electron chi connectivity index (χ1n) is 7.73. The molecule has 1 atom stereocenters. The van der Waals surface area contributed by atoms with Gasteiger partial charge in [0, 0.05) is 6.61 Å². The van der Waals surface area contributed by atoms with E-state index in [4.69, 9.17) is 14.2 Å². The summed E-state index contributed by atoms with van der Waals surface area (Å²) in [7, 11) is 3.30. The van der Waals surface area contributed by atoms with Gasteiger partial charge in [0.25, 0.3) is 0 Å². The molecule has 0 bridgehead atoms. The van der Waals surface area contributed by atoms with Gasteiger partial charge < -0.3 is 19.3 Å². The van der Waals surface area contributed by atoms with Crippen LogP contribution in [0.2, 0.25) is 0 Å². The maximum atomic E-state index is 9.25. The van der Waals surface area contributed by atoms with Gasteiger partial charge in [0.2, 0.25) is 0 Å². The van der Waals surface area contributed by atoms with E-state index in [9.17, 15) is 5.11 Å². The highest BCUT2D eigenvalue weighted by atomic mass is 16.5. The maximum absolute atomic E-state index is 9.25. The number of ether oxygens (including phenoxy) is 3. The standard InChI is InChI=1S/C19H24O4/c1-21-17-7-3-15(4-8-17)13-19(11-12-20)23-14-16-5-9-18(22-2)10-6-16/h3-10,19-20H,11-14H2,1-2H3. The van der Waals surface area contributed by atoms with E-state index in [0.29, 0.717) is 13.0 Å². The summed E-state index contributed by atoms with van der Waals surface area (Å²) in [4.78, 5) is 0. The molecule has 0 heterocycles. The zero-order valence-corrected chi connectivity index (χ0v) is 13.7. The average Bonchev–Trinajstić information content (AvgIpc) is 2.61. The van der Waals surface area contributed by atoms with Gasteiger partial charge in [-0.05, 0) is 48.2 Å². The number of methoxy groups -OCH3 is 2. The quantitative estimate of drug-likeness (QED) is 0.772. The number of rotatable bonds is 9. The fourth-order valence-electron chi connectivity index (χ4n) is 2.35. The Bertz CT molecular complexity index is 563. The monoisotopic (exact) mass is 316 g/mol. The van der Waals surface area contributed by atoms with Crippen LogP contribution in [0, 0.1) is 0 Å². The molecule has 0 spiro atoms. The van der Waals surface area contributed by atoms with Crippen molar-refractivity contribution in [3.63, 3.8) is 0 Å². The Morgan fingerprint density at radius 1 is 0.826 bits per heavy atom. The molecule has 124 valence electrons. The smallest absolute Gasteiger partial charge is 0.118 e. The lowest BCUT2D eigenvalue weighted by Gasteiger charge is -2.17. The number of hydrogen-bond donors (Lipinski definition) is 1. The molecule has 0 aliphatic carbocycles. The second kappa shape index (κ2) is 9.18. The molecular weight excluding hydrogens is 292 g/mol. The fraction of sp³-hybridized carbons (Fsp3) is 0.368. The molecule has 2 aromatic rings. The van der Waals surface area contributed by atoms with Crippen molar-refractivity contribution >= 4 is 0 Å². The summed E-state index contributed by atoms with van der Waals surface area (Å²) in [6.07, 6.45) is 1.36. The molecule has 0 saturated heterocycles. The molecule has 23 heavy (non-hydrogen) atoms. The van der Waals surface area contributed by atoms with E-state index in [0.717, 1.165) is 23.5 Å². The molecule has 1 unspecified atom stereocenters. The fourth-order valence-corrected chi connectivity index (χ4v) is 2.35. The van der Waals surface area contributed by atoms with Gasteiger partial charge in [-0.25, -0.2) is 0 Å². The second-order valence-corrected chi connectivity index (χ2v) is 5.35. The minimum absolute atomic E-state index is 0.0181. The van der Waals surface area contributed by atoms with E-state index >= 15 is 0 Å². The van der Waals surface area contributed by atoms with Crippen LogP contribution in [0.15, 0.2) is 48.5 Å². The summed E-state index contributed by atoms with van der Waals surface area (Å²) >= 11 is 0. The van der Waals surface area contributed by atoms with Crippen molar-refractivity contribution in [2.24, 2.45) is 0 Å². The van der Waals surface area contributed by atoms with Crippen molar-refractivity contribution in [1.82, 2.24) is 0 Å². The summed E-state index contributed by atoms with van der Waals surface area (Å²) in [5, 5.41) is 9.25. The van der Waals surface area contributed by atoms with Gasteiger partial charge in [0.15, 0.2) is 0 Å². The Morgan fingerprint density at radius 2 is 1.35 bits per heavy atom. The van der Waals surface area contributed by atoms with Crippen molar-refractivity contribution < 1.29 is 19.3 Å². The van der Waals surface area contributed by atoms with Gasteiger partial charge in [-0.3, -0.25) is 0 Å². The van der Waals surface area contributed by atoms with Crippen LogP contribution in [0.3, 0.4) is 0 Å². The van der Waals surface area contributed by atoms with Crippen LogP contribution < -0.4 is 9.47 Å². The van der Waals surface area contributed by atoms with E-state index < -0.39 is 0 Å². The van der Waals surface area contributed by atoms with Gasteiger partial charge in [-0.2, -0.15) is 0 Å². The third kappa shape index (κ3) is 5.58. The Labute approximate surface area is 137 Å². The molecule has 0 aromatic heterocycles. The van der Waals surface area contributed by atoms with Gasteiger partial charge in [0.05, 0.1) is 26.9 Å². The molecule has 0 fully saturated rings. The van der Waals surface area contributed by atoms with Gasteiger partial charge in [0.1, 0.15) is 11.5 Å². The molecule has 2 rings (SSSR count). The Kier molecular flexibility index (Phi) is 6.91. The van der Waals surface area contributed by atoms with Crippen LogP contribution in [0.4, 0.5) is 0 Å². The lowest BCUT2D eigenvalue weighted by Crippen LogP contribution is -2.17. The largest absolute Gasteiger partial charge is 0.497 e. The summed E-state index contributed by atoms with van der Waals surface area (Å²) in [5.74, 6) is 1.67. The maximum Gasteiger partial charge on any atom is 0.118 e. The third-order valence-corrected chi connectivity index (χ3v) is 3.72. The molecule has 4 heteroatoms. The minimum atomic E-state index is -0.0181. The highest BCUT2D eigenvalue weighted by Gasteiger charge is 2.10. The van der Waals surface area contributed by atoms with E-state index in [1.165, 1.54) is 5.56 Å². The Balaban J connectivity index is 1.91. The molecular formula is C19H24O4. The van der Waals surface area contributed by atoms with E-state index in [1.807, 2.05) is 48.5 Å². The van der Waals surface area contributed by atoms with Crippen LogP contribution >= 0.6 is 0 Å². The van der Waals surface area contributed by atoms with Crippen LogP contribution in [0.5, 0.6) is 11.5 Å². The number of aliphatic hydroxyl groups is 1. The first-order valence-corrected chi connectivity index (χ1v) is 7.73. The number of benzene rings is 2. The highest BCUT2D eigenvalue weighted by molar-refractivity contribution is 5.28. The lowest BCUT2D eigenvalue weighted by molar-refractivity contribution is 0.0245. The molecule has 2 aromatic carbocycles. The highest BCUT2D eigenvalue weighted by Crippen LogP contribution is 2.17. The van der Waals surface area contributed by atoms with Crippen molar-refractivity contribution in [3.05, 3.63) is 59.7 Å². The van der Waals surface area contributed by atoms with Crippen molar-refractivity contribution in [2.75, 3.05) is 20.8 Å². The van der Waals surface area contributed by atoms with E-state index in [2.05, 4.69) is 0 Å². The SMILES string of the molecule is COc1ccc(COC(CCO)Cc2ccc(OC)cc2)cc1.